The molecule has 0 aromatic heterocycles. The van der Waals surface area contributed by atoms with Crippen LogP contribution < -0.4 is 9.64 Å². The van der Waals surface area contributed by atoms with Gasteiger partial charge in [0, 0.05) is 44.2 Å². The van der Waals surface area contributed by atoms with Gasteiger partial charge < -0.3 is 14.5 Å². The van der Waals surface area contributed by atoms with Crippen molar-refractivity contribution in [1.82, 2.24) is 9.21 Å². The van der Waals surface area contributed by atoms with Crippen LogP contribution >= 0.6 is 11.8 Å². The van der Waals surface area contributed by atoms with Gasteiger partial charge in [0.25, 0.3) is 0 Å². The largest absolute Gasteiger partial charge is 0.495 e. The molecular formula is C25H33N3O4S2. The number of piperidine rings is 1. The molecule has 0 N–H and O–H groups in total. The predicted molar refractivity (Wildman–Crippen MR) is 136 cm³/mol. The van der Waals surface area contributed by atoms with E-state index in [0.717, 1.165) is 23.4 Å². The van der Waals surface area contributed by atoms with Crippen LogP contribution in [-0.4, -0.2) is 75.7 Å². The Bertz CT molecular complexity index is 1090. The molecule has 2 heterocycles. The van der Waals surface area contributed by atoms with E-state index in [1.54, 1.807) is 41.4 Å². The van der Waals surface area contributed by atoms with Crippen LogP contribution in [0.3, 0.4) is 0 Å². The molecule has 0 radical (unpaired) electrons. The fourth-order valence-corrected chi connectivity index (χ4v) is 6.98. The van der Waals surface area contributed by atoms with Gasteiger partial charge in [0.15, 0.2) is 0 Å². The summed E-state index contributed by atoms with van der Waals surface area (Å²) < 4.78 is 33.8. The van der Waals surface area contributed by atoms with E-state index in [-0.39, 0.29) is 5.91 Å². The SMILES string of the molecule is COc1ccc(S(=O)(=O)N2CCC[C@@H](C)C2)cc1N1CCN(C(=O)CSc2ccccc2)CC1. The van der Waals surface area contributed by atoms with Crippen LogP contribution in [0.2, 0.25) is 0 Å². The maximum absolute atomic E-state index is 13.3. The van der Waals surface area contributed by atoms with Gasteiger partial charge in [-0.2, -0.15) is 4.31 Å². The van der Waals surface area contributed by atoms with Gasteiger partial charge in [-0.15, -0.1) is 11.8 Å². The summed E-state index contributed by atoms with van der Waals surface area (Å²) in [4.78, 5) is 18.1. The molecule has 9 heteroatoms. The van der Waals surface area contributed by atoms with Crippen molar-refractivity contribution < 1.29 is 17.9 Å². The van der Waals surface area contributed by atoms with Crippen molar-refractivity contribution >= 4 is 33.4 Å². The number of carbonyl (C=O) groups excluding carboxylic acids is 1. The van der Waals surface area contributed by atoms with Crippen molar-refractivity contribution in [1.29, 1.82) is 0 Å². The van der Waals surface area contributed by atoms with Crippen molar-refractivity contribution in [3.05, 3.63) is 48.5 Å². The Kier molecular flexibility index (Phi) is 8.06. The lowest BCUT2D eigenvalue weighted by atomic mass is 10.0. The van der Waals surface area contributed by atoms with Gasteiger partial charge in [-0.3, -0.25) is 4.79 Å². The summed E-state index contributed by atoms with van der Waals surface area (Å²) in [6.45, 7) is 5.67. The van der Waals surface area contributed by atoms with Gasteiger partial charge >= 0.3 is 0 Å². The van der Waals surface area contributed by atoms with E-state index < -0.39 is 10.0 Å². The number of benzene rings is 2. The number of hydrogen-bond donors (Lipinski definition) is 0. The Hall–Kier alpha value is -2.23. The lowest BCUT2D eigenvalue weighted by Crippen LogP contribution is -2.49. The van der Waals surface area contributed by atoms with Crippen LogP contribution in [0, 0.1) is 5.92 Å². The van der Waals surface area contributed by atoms with E-state index in [0.29, 0.717) is 61.6 Å². The molecule has 0 saturated carbocycles. The Labute approximate surface area is 207 Å². The maximum Gasteiger partial charge on any atom is 0.243 e. The Morgan fingerprint density at radius 2 is 1.79 bits per heavy atom. The molecule has 0 aliphatic carbocycles. The zero-order chi connectivity index (χ0) is 24.1. The number of carbonyl (C=O) groups is 1. The molecule has 34 heavy (non-hydrogen) atoms. The third kappa shape index (κ3) is 5.70. The second kappa shape index (κ2) is 11.0. The normalized spacial score (nSPS) is 19.8. The number of piperazine rings is 1. The molecular weight excluding hydrogens is 470 g/mol. The average molecular weight is 504 g/mol. The molecule has 0 bridgehead atoms. The third-order valence-electron chi connectivity index (χ3n) is 6.49. The Morgan fingerprint density at radius 1 is 1.06 bits per heavy atom. The maximum atomic E-state index is 13.3. The number of amides is 1. The highest BCUT2D eigenvalue weighted by atomic mass is 32.2. The first-order valence-electron chi connectivity index (χ1n) is 11.8. The highest BCUT2D eigenvalue weighted by Gasteiger charge is 2.30. The van der Waals surface area contributed by atoms with E-state index in [1.165, 1.54) is 0 Å². The molecule has 1 amide bonds. The topological polar surface area (TPSA) is 70.2 Å². The van der Waals surface area contributed by atoms with Crippen molar-refractivity contribution in [3.63, 3.8) is 0 Å². The summed E-state index contributed by atoms with van der Waals surface area (Å²) in [5, 5.41) is 0. The molecule has 1 atom stereocenters. The van der Waals surface area contributed by atoms with Gasteiger partial charge in [-0.1, -0.05) is 25.1 Å². The second-order valence-corrected chi connectivity index (χ2v) is 11.9. The smallest absolute Gasteiger partial charge is 0.243 e. The van der Waals surface area contributed by atoms with Crippen LogP contribution in [-0.2, 0) is 14.8 Å². The zero-order valence-corrected chi connectivity index (χ0v) is 21.5. The van der Waals surface area contributed by atoms with Gasteiger partial charge in [-0.25, -0.2) is 8.42 Å². The van der Waals surface area contributed by atoms with Crippen LogP contribution in [0.4, 0.5) is 5.69 Å². The first-order valence-corrected chi connectivity index (χ1v) is 14.2. The summed E-state index contributed by atoms with van der Waals surface area (Å²) in [6, 6.07) is 15.0. The number of methoxy groups -OCH3 is 1. The molecule has 2 aliphatic heterocycles. The van der Waals surface area contributed by atoms with Gasteiger partial charge in [0.05, 0.1) is 23.4 Å². The Morgan fingerprint density at radius 3 is 2.47 bits per heavy atom. The monoisotopic (exact) mass is 503 g/mol. The quantitative estimate of drug-likeness (QED) is 0.538. The predicted octanol–water partition coefficient (Wildman–Crippen LogP) is 3.56. The second-order valence-electron chi connectivity index (χ2n) is 8.91. The fraction of sp³-hybridized carbons (Fsp3) is 0.480. The number of ether oxygens (including phenoxy) is 1. The summed E-state index contributed by atoms with van der Waals surface area (Å²) in [5.41, 5.74) is 0.763. The molecule has 2 aliphatic rings. The van der Waals surface area contributed by atoms with Crippen LogP contribution in [0.15, 0.2) is 58.3 Å². The van der Waals surface area contributed by atoms with Crippen LogP contribution in [0.25, 0.3) is 0 Å². The number of rotatable bonds is 7. The summed E-state index contributed by atoms with van der Waals surface area (Å²) >= 11 is 1.55. The summed E-state index contributed by atoms with van der Waals surface area (Å²) in [5.74, 6) is 1.54. The van der Waals surface area contributed by atoms with Crippen molar-refractivity contribution in [3.8, 4) is 5.75 Å². The minimum atomic E-state index is -3.56. The van der Waals surface area contributed by atoms with Gasteiger partial charge in [0.2, 0.25) is 15.9 Å². The minimum absolute atomic E-state index is 0.121. The van der Waals surface area contributed by atoms with Crippen LogP contribution in [0.5, 0.6) is 5.75 Å². The highest BCUT2D eigenvalue weighted by molar-refractivity contribution is 8.00. The van der Waals surface area contributed by atoms with Crippen molar-refractivity contribution in [2.45, 2.75) is 29.6 Å². The first kappa shape index (κ1) is 24.9. The molecule has 2 aromatic carbocycles. The van der Waals surface area contributed by atoms with Crippen molar-refractivity contribution in [2.24, 2.45) is 5.92 Å². The number of nitrogens with zero attached hydrogens (tertiary/aromatic N) is 3. The standard InChI is InChI=1S/C25H33N3O4S2/c1-20-7-6-12-28(18-20)34(30,31)22-10-11-24(32-2)23(17-22)26-13-15-27(16-14-26)25(29)19-33-21-8-4-3-5-9-21/h3-5,8-11,17,20H,6-7,12-16,18-19H2,1-2H3/t20-/m1/s1. The number of thioether (sulfide) groups is 1. The molecule has 0 unspecified atom stereocenters. The lowest BCUT2D eigenvalue weighted by Gasteiger charge is -2.37. The van der Waals surface area contributed by atoms with E-state index in [1.807, 2.05) is 35.2 Å². The lowest BCUT2D eigenvalue weighted by molar-refractivity contribution is -0.128. The van der Waals surface area contributed by atoms with Gasteiger partial charge in [0.1, 0.15) is 5.75 Å². The minimum Gasteiger partial charge on any atom is -0.495 e. The van der Waals surface area contributed by atoms with Gasteiger partial charge in [-0.05, 0) is 49.1 Å². The average Bonchev–Trinajstić information content (AvgIpc) is 2.87. The van der Waals surface area contributed by atoms with E-state index in [9.17, 15) is 13.2 Å². The van der Waals surface area contributed by atoms with Crippen molar-refractivity contribution in [2.75, 3.05) is 57.0 Å². The first-order chi connectivity index (χ1) is 16.4. The molecule has 2 saturated heterocycles. The van der Waals surface area contributed by atoms with E-state index in [2.05, 4.69) is 11.8 Å². The molecule has 7 nitrogen and oxygen atoms in total. The number of hydrogen-bond acceptors (Lipinski definition) is 6. The summed E-state index contributed by atoms with van der Waals surface area (Å²) in [7, 11) is -1.96. The third-order valence-corrected chi connectivity index (χ3v) is 9.34. The molecule has 2 fully saturated rings. The number of sulfonamides is 1. The molecule has 4 rings (SSSR count). The van der Waals surface area contributed by atoms with E-state index >= 15 is 0 Å². The number of anilines is 1. The Balaban J connectivity index is 1.42. The summed E-state index contributed by atoms with van der Waals surface area (Å²) in [6.07, 6.45) is 1.95. The highest BCUT2D eigenvalue weighted by Crippen LogP contribution is 2.34. The molecule has 184 valence electrons. The van der Waals surface area contributed by atoms with E-state index in [4.69, 9.17) is 4.74 Å². The zero-order valence-electron chi connectivity index (χ0n) is 19.9. The molecule has 2 aromatic rings. The van der Waals surface area contributed by atoms with Crippen LogP contribution in [0.1, 0.15) is 19.8 Å². The molecule has 0 spiro atoms. The fourth-order valence-electron chi connectivity index (χ4n) is 4.54.